The highest BCUT2D eigenvalue weighted by molar-refractivity contribution is 6.30. The largest absolute Gasteiger partial charge is 0.330 e. The van der Waals surface area contributed by atoms with Gasteiger partial charge >= 0.3 is 5.92 Å². The van der Waals surface area contributed by atoms with Crippen molar-refractivity contribution in [2.45, 2.75) is 44.1 Å². The Balaban J connectivity index is 1.47. The van der Waals surface area contributed by atoms with Crippen LogP contribution in [0.2, 0.25) is 5.02 Å². The van der Waals surface area contributed by atoms with Gasteiger partial charge in [0.2, 0.25) is 17.6 Å². The minimum Gasteiger partial charge on any atom is -0.322 e. The molecule has 0 radical (unpaired) electrons. The lowest BCUT2D eigenvalue weighted by molar-refractivity contribution is -0.144. The molecule has 2 aliphatic heterocycles. The summed E-state index contributed by atoms with van der Waals surface area (Å²) in [6, 6.07) is 7.88. The lowest BCUT2D eigenvalue weighted by atomic mass is 9.97. The molecule has 2 heterocycles. The zero-order valence-electron chi connectivity index (χ0n) is 18.7. The zero-order chi connectivity index (χ0) is 24.8. The molecule has 0 aliphatic carbocycles. The van der Waals surface area contributed by atoms with E-state index in [0.29, 0.717) is 11.1 Å². The van der Waals surface area contributed by atoms with Gasteiger partial charge in [-0.2, -0.15) is 8.78 Å². The number of nitrogens with zero attached hydrogens (tertiary/aromatic N) is 1. The number of halogens is 3. The second-order valence-corrected chi connectivity index (χ2v) is 8.06. The molecule has 6 nitrogen and oxygen atoms in total. The van der Waals surface area contributed by atoms with Crippen LogP contribution in [0.1, 0.15) is 49.0 Å². The molecule has 3 amide bonds. The SMILES string of the molecule is [2H]C1([2H])CC(=O)NC(=O)C1N1Cc2cc(CCC(=O)C(F)(F)c3ccc(Cl)cc3)ccc2C1=O. The van der Waals surface area contributed by atoms with Crippen LogP contribution >= 0.6 is 11.6 Å². The van der Waals surface area contributed by atoms with E-state index in [-0.39, 0.29) is 23.6 Å². The van der Waals surface area contributed by atoms with Crippen molar-refractivity contribution >= 4 is 35.1 Å². The minimum atomic E-state index is -3.68. The van der Waals surface area contributed by atoms with E-state index < -0.39 is 60.2 Å². The molecule has 1 N–H and O–H groups in total. The Kier molecular flexibility index (Phi) is 5.15. The van der Waals surface area contributed by atoms with Gasteiger partial charge < -0.3 is 4.90 Å². The first-order valence-electron chi connectivity index (χ1n) is 10.8. The molecule has 0 saturated carbocycles. The Hall–Kier alpha value is -3.13. The predicted molar refractivity (Wildman–Crippen MR) is 111 cm³/mol. The number of carbonyl (C=O) groups is 4. The smallest absolute Gasteiger partial charge is 0.322 e. The van der Waals surface area contributed by atoms with Crippen molar-refractivity contribution in [1.82, 2.24) is 10.2 Å². The Morgan fingerprint density at radius 2 is 1.91 bits per heavy atom. The third kappa shape index (κ3) is 4.14. The Labute approximate surface area is 190 Å². The summed E-state index contributed by atoms with van der Waals surface area (Å²) in [5.74, 6) is -7.14. The summed E-state index contributed by atoms with van der Waals surface area (Å²) < 4.78 is 45.2. The fourth-order valence-corrected chi connectivity index (χ4v) is 3.91. The highest BCUT2D eigenvalue weighted by atomic mass is 35.5. The van der Waals surface area contributed by atoms with E-state index in [2.05, 4.69) is 5.32 Å². The van der Waals surface area contributed by atoms with Crippen molar-refractivity contribution in [3.8, 4) is 0 Å². The lowest BCUT2D eigenvalue weighted by Crippen LogP contribution is -2.52. The maximum absolute atomic E-state index is 14.5. The van der Waals surface area contributed by atoms with Gasteiger partial charge in [0, 0.05) is 38.3 Å². The number of amides is 3. The van der Waals surface area contributed by atoms with E-state index in [1.807, 2.05) is 0 Å². The van der Waals surface area contributed by atoms with Crippen LogP contribution < -0.4 is 5.32 Å². The number of benzene rings is 2. The van der Waals surface area contributed by atoms with Gasteiger partial charge in [0.05, 0.1) is 0 Å². The molecular formula is C23H19ClF2N2O4. The maximum atomic E-state index is 14.5. The molecule has 9 heteroatoms. The molecule has 2 aliphatic rings. The van der Waals surface area contributed by atoms with Gasteiger partial charge in [-0.3, -0.25) is 24.5 Å². The quantitative estimate of drug-likeness (QED) is 0.667. The minimum absolute atomic E-state index is 0.00270. The van der Waals surface area contributed by atoms with Crippen LogP contribution in [0.25, 0.3) is 0 Å². The highest BCUT2D eigenvalue weighted by Crippen LogP contribution is 2.32. The van der Waals surface area contributed by atoms with E-state index in [0.717, 1.165) is 17.0 Å². The average Bonchev–Trinajstić information content (AvgIpc) is 3.06. The highest BCUT2D eigenvalue weighted by Gasteiger charge is 2.41. The van der Waals surface area contributed by atoms with E-state index in [1.54, 1.807) is 6.07 Å². The molecule has 2 aromatic carbocycles. The number of hydrogen-bond donors (Lipinski definition) is 1. The number of alkyl halides is 2. The fraction of sp³-hybridized carbons (Fsp3) is 0.304. The molecule has 1 saturated heterocycles. The van der Waals surface area contributed by atoms with E-state index in [4.69, 9.17) is 14.3 Å². The third-order valence-corrected chi connectivity index (χ3v) is 5.73. The molecule has 2 aromatic rings. The number of nitrogens with one attached hydrogen (secondary N) is 1. The number of carbonyl (C=O) groups excluding carboxylic acids is 4. The van der Waals surface area contributed by atoms with Gasteiger partial charge in [-0.15, -0.1) is 0 Å². The zero-order valence-corrected chi connectivity index (χ0v) is 17.4. The van der Waals surface area contributed by atoms with Crippen molar-refractivity contribution in [1.29, 1.82) is 0 Å². The summed E-state index contributed by atoms with van der Waals surface area (Å²) >= 11 is 5.71. The van der Waals surface area contributed by atoms with Crippen molar-refractivity contribution in [3.63, 3.8) is 0 Å². The summed E-state index contributed by atoms with van der Waals surface area (Å²) in [5.41, 5.74) is 0.831. The first-order valence-corrected chi connectivity index (χ1v) is 10.2. The number of hydrogen-bond acceptors (Lipinski definition) is 4. The van der Waals surface area contributed by atoms with Gasteiger partial charge in [-0.05, 0) is 42.1 Å². The van der Waals surface area contributed by atoms with Gasteiger partial charge in [0.25, 0.3) is 5.91 Å². The lowest BCUT2D eigenvalue weighted by Gasteiger charge is -2.29. The molecule has 0 spiro atoms. The normalized spacial score (nSPS) is 21.0. The summed E-state index contributed by atoms with van der Waals surface area (Å²) in [6.07, 6.45) is -3.23. The second-order valence-electron chi connectivity index (χ2n) is 7.62. The van der Waals surface area contributed by atoms with Gasteiger partial charge in [0.15, 0.2) is 0 Å². The number of imide groups is 1. The number of ketones is 1. The average molecular weight is 463 g/mol. The Bertz CT molecular complexity index is 1200. The van der Waals surface area contributed by atoms with Gasteiger partial charge in [0.1, 0.15) is 6.04 Å². The summed E-state index contributed by atoms with van der Waals surface area (Å²) in [6.45, 7) is -0.0807. The summed E-state index contributed by atoms with van der Waals surface area (Å²) in [5, 5.41) is 2.33. The molecule has 0 aromatic heterocycles. The molecule has 4 rings (SSSR count). The molecule has 1 fully saturated rings. The molecule has 32 heavy (non-hydrogen) atoms. The Morgan fingerprint density at radius 3 is 2.59 bits per heavy atom. The molecule has 1 unspecified atom stereocenters. The van der Waals surface area contributed by atoms with Crippen LogP contribution in [-0.2, 0) is 33.3 Å². The summed E-state index contributed by atoms with van der Waals surface area (Å²) in [7, 11) is 0. The van der Waals surface area contributed by atoms with E-state index >= 15 is 0 Å². The third-order valence-electron chi connectivity index (χ3n) is 5.48. The van der Waals surface area contributed by atoms with Crippen LogP contribution in [0.4, 0.5) is 8.78 Å². The molecule has 1 atom stereocenters. The molecule has 166 valence electrons. The van der Waals surface area contributed by atoms with Crippen molar-refractivity contribution in [2.75, 3.05) is 0 Å². The monoisotopic (exact) mass is 462 g/mol. The van der Waals surface area contributed by atoms with Gasteiger partial charge in [-0.1, -0.05) is 35.9 Å². The van der Waals surface area contributed by atoms with Crippen LogP contribution in [0.5, 0.6) is 0 Å². The number of rotatable bonds is 6. The van der Waals surface area contributed by atoms with E-state index in [1.165, 1.54) is 24.3 Å². The van der Waals surface area contributed by atoms with Gasteiger partial charge in [-0.25, -0.2) is 0 Å². The topological polar surface area (TPSA) is 83.6 Å². The maximum Gasteiger partial charge on any atom is 0.330 e. The van der Waals surface area contributed by atoms with Crippen LogP contribution in [0.3, 0.4) is 0 Å². The second kappa shape index (κ2) is 8.43. The van der Waals surface area contributed by atoms with Crippen molar-refractivity contribution < 1.29 is 30.7 Å². The standard InChI is InChI=1S/C23H19ClF2N2O4/c24-16-5-3-15(4-6-16)23(25,26)19(29)9-2-13-1-7-17-14(11-13)12-28(22(17)32)18-8-10-20(30)27-21(18)31/h1,3-7,11,18H,2,8-10,12H2,(H,27,30,31)/i8D2. The summed E-state index contributed by atoms with van der Waals surface area (Å²) in [4.78, 5) is 50.0. The number of aryl methyl sites for hydroxylation is 1. The van der Waals surface area contributed by atoms with Crippen molar-refractivity contribution in [3.05, 3.63) is 69.7 Å². The molecule has 0 bridgehead atoms. The first kappa shape index (κ1) is 19.5. The number of Topliss-reactive ketones (excluding diaryl/α,β-unsaturated/α-hetero) is 1. The van der Waals surface area contributed by atoms with Crippen molar-refractivity contribution in [2.24, 2.45) is 0 Å². The number of fused-ring (bicyclic) bond motifs is 1. The van der Waals surface area contributed by atoms with Crippen LogP contribution in [0.15, 0.2) is 42.5 Å². The molecular weight excluding hydrogens is 442 g/mol. The van der Waals surface area contributed by atoms with Crippen LogP contribution in [0, 0.1) is 0 Å². The Morgan fingerprint density at radius 1 is 1.19 bits per heavy atom. The fourth-order valence-electron chi connectivity index (χ4n) is 3.78. The van der Waals surface area contributed by atoms with Crippen LogP contribution in [-0.4, -0.2) is 34.4 Å². The van der Waals surface area contributed by atoms with E-state index in [9.17, 15) is 28.0 Å². The predicted octanol–water partition coefficient (Wildman–Crippen LogP) is 3.39. The number of piperidine rings is 1. The first-order chi connectivity index (χ1) is 15.9.